The van der Waals surface area contributed by atoms with Crippen LogP contribution in [-0.4, -0.2) is 45.5 Å². The number of nitrogens with zero attached hydrogens (tertiary/aromatic N) is 2. The van der Waals surface area contributed by atoms with E-state index in [4.69, 9.17) is 16.3 Å². The third-order valence-electron chi connectivity index (χ3n) is 3.65. The maximum atomic E-state index is 12.7. The van der Waals surface area contributed by atoms with Gasteiger partial charge in [-0.15, -0.1) is 0 Å². The molecule has 0 bridgehead atoms. The van der Waals surface area contributed by atoms with E-state index < -0.39 is 22.5 Å². The number of methoxy groups -OCH3 is 1. The Morgan fingerprint density at radius 3 is 2.56 bits per heavy atom. The Hall–Kier alpha value is -2.42. The molecule has 0 unspecified atom stereocenters. The highest BCUT2D eigenvalue weighted by Crippen LogP contribution is 2.27. The summed E-state index contributed by atoms with van der Waals surface area (Å²) in [6, 6.07) is 11.7. The average Bonchev–Trinajstić information content (AvgIpc) is 2.63. The van der Waals surface area contributed by atoms with Crippen molar-refractivity contribution in [3.05, 3.63) is 58.6 Å². The van der Waals surface area contributed by atoms with E-state index in [0.717, 1.165) is 15.4 Å². The van der Waals surface area contributed by atoms with Gasteiger partial charge in [-0.25, -0.2) is 13.8 Å². The molecule has 7 nitrogen and oxygen atoms in total. The van der Waals surface area contributed by atoms with Gasteiger partial charge >= 0.3 is 0 Å². The van der Waals surface area contributed by atoms with E-state index in [2.05, 4.69) is 10.5 Å². The minimum absolute atomic E-state index is 0.00460. The zero-order valence-corrected chi connectivity index (χ0v) is 16.7. The Kier molecular flexibility index (Phi) is 6.95. The predicted molar refractivity (Wildman–Crippen MR) is 105 cm³/mol. The fraction of sp³-hybridized carbons (Fsp3) is 0.222. The number of sulfonamides is 1. The molecule has 0 fully saturated rings. The fourth-order valence-electron chi connectivity index (χ4n) is 2.20. The summed E-state index contributed by atoms with van der Waals surface area (Å²) in [5, 5.41) is 4.41. The second-order valence-electron chi connectivity index (χ2n) is 5.76. The molecule has 0 radical (unpaired) electrons. The maximum absolute atomic E-state index is 12.7. The van der Waals surface area contributed by atoms with Crippen molar-refractivity contribution >= 4 is 33.7 Å². The largest absolute Gasteiger partial charge is 0.495 e. The standard InChI is InChI=1S/C18H20ClN3O4S/c1-13-4-9-16(26-3)17(10-13)27(24,25)22(2)12-18(23)21-20-11-14-5-7-15(19)8-6-14/h4-11H,12H2,1-3H3,(H,21,23). The van der Waals surface area contributed by atoms with Crippen LogP contribution in [0.25, 0.3) is 0 Å². The minimum Gasteiger partial charge on any atom is -0.495 e. The first-order chi connectivity index (χ1) is 12.7. The number of benzene rings is 2. The van der Waals surface area contributed by atoms with Crippen molar-refractivity contribution in [3.8, 4) is 5.75 Å². The third-order valence-corrected chi connectivity index (χ3v) is 5.72. The minimum atomic E-state index is -3.90. The molecule has 0 aliphatic rings. The van der Waals surface area contributed by atoms with Crippen molar-refractivity contribution < 1.29 is 17.9 Å². The molecule has 0 saturated heterocycles. The number of ether oxygens (including phenoxy) is 1. The number of nitrogens with one attached hydrogen (secondary N) is 1. The third kappa shape index (κ3) is 5.53. The van der Waals surface area contributed by atoms with Crippen molar-refractivity contribution in [2.24, 2.45) is 5.10 Å². The van der Waals surface area contributed by atoms with Gasteiger partial charge < -0.3 is 4.74 Å². The zero-order valence-electron chi connectivity index (χ0n) is 15.1. The number of carbonyl (C=O) groups is 1. The quantitative estimate of drug-likeness (QED) is 0.562. The summed E-state index contributed by atoms with van der Waals surface area (Å²) in [5.74, 6) is -0.355. The predicted octanol–water partition coefficient (Wildman–Crippen LogP) is 2.43. The lowest BCUT2D eigenvalue weighted by atomic mass is 10.2. The topological polar surface area (TPSA) is 88.1 Å². The molecule has 27 heavy (non-hydrogen) atoms. The molecule has 2 aromatic carbocycles. The van der Waals surface area contributed by atoms with Crippen LogP contribution in [0.2, 0.25) is 5.02 Å². The summed E-state index contributed by atoms with van der Waals surface area (Å²) in [7, 11) is -1.19. The van der Waals surface area contributed by atoms with Crippen LogP contribution >= 0.6 is 11.6 Å². The van der Waals surface area contributed by atoms with Gasteiger partial charge in [0.05, 0.1) is 19.9 Å². The summed E-state index contributed by atoms with van der Waals surface area (Å²) in [6.45, 7) is 1.38. The summed E-state index contributed by atoms with van der Waals surface area (Å²) >= 11 is 5.79. The number of amides is 1. The second kappa shape index (κ2) is 8.98. The highest BCUT2D eigenvalue weighted by atomic mass is 35.5. The van der Waals surface area contributed by atoms with Crippen molar-refractivity contribution in [1.82, 2.24) is 9.73 Å². The molecule has 1 amide bonds. The van der Waals surface area contributed by atoms with Crippen LogP contribution in [-0.2, 0) is 14.8 Å². The first-order valence-corrected chi connectivity index (χ1v) is 9.74. The molecular weight excluding hydrogens is 390 g/mol. The number of aryl methyl sites for hydroxylation is 1. The highest BCUT2D eigenvalue weighted by Gasteiger charge is 2.26. The number of likely N-dealkylation sites (N-methyl/N-ethyl adjacent to an activating group) is 1. The van der Waals surface area contributed by atoms with E-state index in [1.165, 1.54) is 26.4 Å². The molecule has 0 aliphatic carbocycles. The van der Waals surface area contributed by atoms with Crippen LogP contribution in [0, 0.1) is 6.92 Å². The summed E-state index contributed by atoms with van der Waals surface area (Å²) in [5.41, 5.74) is 3.80. The molecule has 0 saturated carbocycles. The summed E-state index contributed by atoms with van der Waals surface area (Å²) in [6.07, 6.45) is 1.44. The van der Waals surface area contributed by atoms with Crippen LogP contribution < -0.4 is 10.2 Å². The lowest BCUT2D eigenvalue weighted by molar-refractivity contribution is -0.121. The van der Waals surface area contributed by atoms with E-state index in [-0.39, 0.29) is 10.6 Å². The van der Waals surface area contributed by atoms with E-state index in [9.17, 15) is 13.2 Å². The van der Waals surface area contributed by atoms with Crippen LogP contribution in [0.3, 0.4) is 0 Å². The van der Waals surface area contributed by atoms with Gasteiger partial charge in [-0.1, -0.05) is 29.8 Å². The van der Waals surface area contributed by atoms with Gasteiger partial charge in [0.25, 0.3) is 5.91 Å². The van der Waals surface area contributed by atoms with Crippen molar-refractivity contribution in [3.63, 3.8) is 0 Å². The number of halogens is 1. The van der Waals surface area contributed by atoms with Crippen LogP contribution in [0.4, 0.5) is 0 Å². The number of hydrogen-bond donors (Lipinski definition) is 1. The van der Waals surface area contributed by atoms with Gasteiger partial charge in [0.15, 0.2) is 0 Å². The lowest BCUT2D eigenvalue weighted by Gasteiger charge is -2.18. The number of rotatable bonds is 7. The van der Waals surface area contributed by atoms with Gasteiger partial charge in [0.1, 0.15) is 10.6 Å². The Morgan fingerprint density at radius 1 is 1.26 bits per heavy atom. The normalized spacial score (nSPS) is 11.7. The van der Waals surface area contributed by atoms with Crippen molar-refractivity contribution in [2.75, 3.05) is 20.7 Å². The average molecular weight is 410 g/mol. The Balaban J connectivity index is 2.04. The second-order valence-corrected chi connectivity index (χ2v) is 8.21. The zero-order chi connectivity index (χ0) is 20.0. The molecule has 2 rings (SSSR count). The van der Waals surface area contributed by atoms with E-state index >= 15 is 0 Å². The smallest absolute Gasteiger partial charge is 0.255 e. The molecule has 2 aromatic rings. The Bertz CT molecular complexity index is 944. The summed E-state index contributed by atoms with van der Waals surface area (Å²) < 4.78 is 31.6. The van der Waals surface area contributed by atoms with Crippen molar-refractivity contribution in [2.45, 2.75) is 11.8 Å². The molecule has 144 valence electrons. The van der Waals surface area contributed by atoms with E-state index in [0.29, 0.717) is 5.02 Å². The van der Waals surface area contributed by atoms with E-state index in [1.54, 1.807) is 43.3 Å². The molecule has 0 aromatic heterocycles. The first-order valence-electron chi connectivity index (χ1n) is 7.92. The highest BCUT2D eigenvalue weighted by molar-refractivity contribution is 7.89. The monoisotopic (exact) mass is 409 g/mol. The summed E-state index contributed by atoms with van der Waals surface area (Å²) in [4.78, 5) is 12.0. The maximum Gasteiger partial charge on any atom is 0.255 e. The fourth-order valence-corrected chi connectivity index (χ4v) is 3.69. The SMILES string of the molecule is COc1ccc(C)cc1S(=O)(=O)N(C)CC(=O)NN=Cc1ccc(Cl)cc1. The Morgan fingerprint density at radius 2 is 1.93 bits per heavy atom. The lowest BCUT2D eigenvalue weighted by Crippen LogP contribution is -2.36. The molecule has 0 atom stereocenters. The number of hydrogen-bond acceptors (Lipinski definition) is 5. The number of hydrazone groups is 1. The van der Waals surface area contributed by atoms with Gasteiger partial charge in [-0.2, -0.15) is 9.41 Å². The molecule has 0 heterocycles. The number of carbonyl (C=O) groups excluding carboxylic acids is 1. The molecule has 0 aliphatic heterocycles. The van der Waals surface area contributed by atoms with Crippen LogP contribution in [0.5, 0.6) is 5.75 Å². The van der Waals surface area contributed by atoms with Crippen LogP contribution in [0.15, 0.2) is 52.5 Å². The van der Waals surface area contributed by atoms with Gasteiger partial charge in [0, 0.05) is 12.1 Å². The van der Waals surface area contributed by atoms with E-state index in [1.807, 2.05) is 0 Å². The first kappa shape index (κ1) is 20.9. The molecule has 1 N–H and O–H groups in total. The Labute approximate surface area is 163 Å². The van der Waals surface area contributed by atoms with Gasteiger partial charge in [-0.3, -0.25) is 4.79 Å². The molecule has 0 spiro atoms. The van der Waals surface area contributed by atoms with Crippen molar-refractivity contribution in [1.29, 1.82) is 0 Å². The van der Waals surface area contributed by atoms with Crippen LogP contribution in [0.1, 0.15) is 11.1 Å². The van der Waals surface area contributed by atoms with Gasteiger partial charge in [-0.05, 0) is 42.3 Å². The molecular formula is C18H20ClN3O4S. The molecule has 9 heteroatoms. The van der Waals surface area contributed by atoms with Gasteiger partial charge in [0.2, 0.25) is 10.0 Å².